The maximum Gasteiger partial charge on any atom is 0.126 e. The molecule has 0 fully saturated rings. The third kappa shape index (κ3) is 2.05. The van der Waals surface area contributed by atoms with Gasteiger partial charge in [-0.05, 0) is 19.1 Å². The molecule has 0 aromatic heterocycles. The van der Waals surface area contributed by atoms with E-state index in [2.05, 4.69) is 0 Å². The second kappa shape index (κ2) is 3.54. The molecule has 0 heterocycles. The van der Waals surface area contributed by atoms with Crippen LogP contribution in [0.15, 0.2) is 30.3 Å². The molecule has 0 radical (unpaired) electrons. The summed E-state index contributed by atoms with van der Waals surface area (Å²) in [6.45, 7) is 1.66. The van der Waals surface area contributed by atoms with Crippen LogP contribution in [-0.4, -0.2) is 0 Å². The van der Waals surface area contributed by atoms with Crippen LogP contribution in [-0.2, 0) is 0 Å². The summed E-state index contributed by atoms with van der Waals surface area (Å²) in [7, 11) is 0. The van der Waals surface area contributed by atoms with Crippen molar-refractivity contribution < 1.29 is 4.39 Å². The van der Waals surface area contributed by atoms with Crippen LogP contribution in [0.4, 0.5) is 4.39 Å². The number of hydrogen-bond acceptors (Lipinski definition) is 0. The zero-order chi connectivity index (χ0) is 8.27. The molecule has 1 aromatic rings. The fraction of sp³-hybridized carbons (Fsp3) is 0.111. The van der Waals surface area contributed by atoms with Crippen LogP contribution >= 0.6 is 11.6 Å². The molecule has 11 heavy (non-hydrogen) atoms. The molecule has 2 heteroatoms. The van der Waals surface area contributed by atoms with E-state index in [1.807, 2.05) is 0 Å². The number of hydrogen-bond donors (Lipinski definition) is 0. The highest BCUT2D eigenvalue weighted by molar-refractivity contribution is 6.30. The van der Waals surface area contributed by atoms with E-state index in [4.69, 9.17) is 11.6 Å². The van der Waals surface area contributed by atoms with Gasteiger partial charge in [-0.15, -0.1) is 0 Å². The Hall–Kier alpha value is -0.820. The van der Waals surface area contributed by atoms with E-state index in [0.29, 0.717) is 10.6 Å². The molecule has 0 bridgehead atoms. The Morgan fingerprint density at radius 2 is 1.91 bits per heavy atom. The van der Waals surface area contributed by atoms with Gasteiger partial charge in [0.2, 0.25) is 0 Å². The van der Waals surface area contributed by atoms with Gasteiger partial charge in [0.15, 0.2) is 0 Å². The van der Waals surface area contributed by atoms with Crippen molar-refractivity contribution in [2.75, 3.05) is 0 Å². The van der Waals surface area contributed by atoms with Gasteiger partial charge >= 0.3 is 0 Å². The molecule has 1 aromatic carbocycles. The van der Waals surface area contributed by atoms with Crippen LogP contribution in [0.2, 0.25) is 5.02 Å². The number of halogens is 2. The zero-order valence-electron chi connectivity index (χ0n) is 6.14. The molecule has 58 valence electrons. The lowest BCUT2D eigenvalue weighted by Gasteiger charge is -1.95. The van der Waals surface area contributed by atoms with Crippen molar-refractivity contribution in [3.8, 4) is 0 Å². The monoisotopic (exact) mass is 170 g/mol. The van der Waals surface area contributed by atoms with Crippen molar-refractivity contribution in [1.82, 2.24) is 0 Å². The third-order valence-corrected chi connectivity index (χ3v) is 1.63. The van der Waals surface area contributed by atoms with Gasteiger partial charge in [0, 0.05) is 10.6 Å². The Balaban J connectivity index is 2.99. The van der Waals surface area contributed by atoms with Crippen LogP contribution in [0, 0.1) is 0 Å². The molecule has 0 spiro atoms. The normalized spacial score (nSPS) is 11.7. The van der Waals surface area contributed by atoms with E-state index in [-0.39, 0.29) is 5.83 Å². The number of benzene rings is 1. The maximum absolute atomic E-state index is 12.8. The summed E-state index contributed by atoms with van der Waals surface area (Å²) in [6.07, 6.45) is 1.42. The van der Waals surface area contributed by atoms with Gasteiger partial charge in [-0.25, -0.2) is 4.39 Å². The largest absolute Gasteiger partial charge is 0.207 e. The minimum Gasteiger partial charge on any atom is -0.207 e. The van der Waals surface area contributed by atoms with Crippen molar-refractivity contribution in [3.05, 3.63) is 40.9 Å². The standard InChI is InChI=1S/C9H8ClF/c1-2-9(11)7-3-5-8(10)6-4-7/h2-6H,1H3. The first-order valence-corrected chi connectivity index (χ1v) is 3.69. The van der Waals surface area contributed by atoms with Gasteiger partial charge in [-0.3, -0.25) is 0 Å². The molecular formula is C9H8ClF. The molecule has 0 saturated carbocycles. The average Bonchev–Trinajstić information content (AvgIpc) is 2.05. The first kappa shape index (κ1) is 8.28. The first-order chi connectivity index (χ1) is 5.24. The SMILES string of the molecule is CC=C(F)c1ccc(Cl)cc1. The summed E-state index contributed by atoms with van der Waals surface area (Å²) in [5.74, 6) is -0.221. The fourth-order valence-corrected chi connectivity index (χ4v) is 0.902. The van der Waals surface area contributed by atoms with Gasteiger partial charge < -0.3 is 0 Å². The highest BCUT2D eigenvalue weighted by Crippen LogP contribution is 2.17. The summed E-state index contributed by atoms with van der Waals surface area (Å²) >= 11 is 5.62. The van der Waals surface area contributed by atoms with Crippen molar-refractivity contribution >= 4 is 17.4 Å². The lowest BCUT2D eigenvalue weighted by Crippen LogP contribution is -1.75. The Kier molecular flexibility index (Phi) is 2.66. The van der Waals surface area contributed by atoms with Crippen LogP contribution in [0.3, 0.4) is 0 Å². The van der Waals surface area contributed by atoms with Crippen LogP contribution < -0.4 is 0 Å². The summed E-state index contributed by atoms with van der Waals surface area (Å²) in [5, 5.41) is 0.623. The quantitative estimate of drug-likeness (QED) is 0.603. The summed E-state index contributed by atoms with van der Waals surface area (Å²) in [5.41, 5.74) is 0.567. The molecule has 0 nitrogen and oxygen atoms in total. The Morgan fingerprint density at radius 3 is 2.36 bits per heavy atom. The van der Waals surface area contributed by atoms with Crippen molar-refractivity contribution in [3.63, 3.8) is 0 Å². The molecule has 0 saturated heterocycles. The topological polar surface area (TPSA) is 0 Å². The second-order valence-corrected chi connectivity index (χ2v) is 2.58. The van der Waals surface area contributed by atoms with Gasteiger partial charge in [-0.1, -0.05) is 29.8 Å². The maximum atomic E-state index is 12.8. The molecule has 0 amide bonds. The Bertz CT molecular complexity index is 261. The molecule has 0 unspecified atom stereocenters. The van der Waals surface area contributed by atoms with E-state index < -0.39 is 0 Å². The third-order valence-electron chi connectivity index (χ3n) is 1.37. The van der Waals surface area contributed by atoms with Gasteiger partial charge in [0.25, 0.3) is 0 Å². The van der Waals surface area contributed by atoms with Crippen LogP contribution in [0.25, 0.3) is 5.83 Å². The van der Waals surface area contributed by atoms with Crippen molar-refractivity contribution in [1.29, 1.82) is 0 Å². The predicted molar refractivity (Wildman–Crippen MR) is 46.2 cm³/mol. The fourth-order valence-electron chi connectivity index (χ4n) is 0.776. The summed E-state index contributed by atoms with van der Waals surface area (Å²) in [4.78, 5) is 0. The molecular weight excluding hydrogens is 163 g/mol. The summed E-state index contributed by atoms with van der Waals surface area (Å²) < 4.78 is 12.8. The van der Waals surface area contributed by atoms with Gasteiger partial charge in [0.05, 0.1) is 0 Å². The Labute approximate surface area is 70.3 Å². The zero-order valence-corrected chi connectivity index (χ0v) is 6.90. The van der Waals surface area contributed by atoms with E-state index >= 15 is 0 Å². The number of rotatable bonds is 1. The smallest absolute Gasteiger partial charge is 0.126 e. The Morgan fingerprint density at radius 1 is 1.36 bits per heavy atom. The van der Waals surface area contributed by atoms with E-state index in [1.54, 1.807) is 31.2 Å². The van der Waals surface area contributed by atoms with Crippen molar-refractivity contribution in [2.45, 2.75) is 6.92 Å². The van der Waals surface area contributed by atoms with E-state index in [0.717, 1.165) is 0 Å². The van der Waals surface area contributed by atoms with Crippen molar-refractivity contribution in [2.24, 2.45) is 0 Å². The van der Waals surface area contributed by atoms with E-state index in [9.17, 15) is 4.39 Å². The molecule has 0 N–H and O–H groups in total. The molecule has 0 aliphatic carbocycles. The van der Waals surface area contributed by atoms with Crippen LogP contribution in [0.5, 0.6) is 0 Å². The molecule has 1 rings (SSSR count). The second-order valence-electron chi connectivity index (χ2n) is 2.14. The molecule has 0 aliphatic rings. The summed E-state index contributed by atoms with van der Waals surface area (Å²) in [6, 6.07) is 6.63. The average molecular weight is 171 g/mol. The molecule has 0 atom stereocenters. The lowest BCUT2D eigenvalue weighted by molar-refractivity contribution is 0.758. The number of allylic oxidation sites excluding steroid dienone is 1. The lowest BCUT2D eigenvalue weighted by atomic mass is 10.2. The first-order valence-electron chi connectivity index (χ1n) is 3.32. The highest BCUT2D eigenvalue weighted by Gasteiger charge is 1.96. The highest BCUT2D eigenvalue weighted by atomic mass is 35.5. The predicted octanol–water partition coefficient (Wildman–Crippen LogP) is 3.67. The van der Waals surface area contributed by atoms with E-state index in [1.165, 1.54) is 6.08 Å². The molecule has 0 aliphatic heterocycles. The minimum absolute atomic E-state index is 0.221. The van der Waals surface area contributed by atoms with Gasteiger partial charge in [0.1, 0.15) is 5.83 Å². The van der Waals surface area contributed by atoms with Gasteiger partial charge in [-0.2, -0.15) is 0 Å². The van der Waals surface area contributed by atoms with Crippen LogP contribution in [0.1, 0.15) is 12.5 Å². The minimum atomic E-state index is -0.221.